The summed E-state index contributed by atoms with van der Waals surface area (Å²) in [5, 5.41) is 3.70. The molecule has 0 spiro atoms. The minimum absolute atomic E-state index is 0.186. The molecule has 2 heterocycles. The third-order valence-corrected chi connectivity index (χ3v) is 4.70. The Bertz CT molecular complexity index is 257. The largest absolute Gasteiger partial charge is 0.453 e. The number of piperidine rings is 1. The molecule has 2 rings (SSSR count). The number of likely N-dealkylation sites (tertiary alicyclic amines) is 1. The van der Waals surface area contributed by atoms with Crippen molar-refractivity contribution in [2.45, 2.75) is 37.8 Å². The van der Waals surface area contributed by atoms with Crippen molar-refractivity contribution >= 4 is 17.9 Å². The van der Waals surface area contributed by atoms with Gasteiger partial charge in [0.25, 0.3) is 0 Å². The van der Waals surface area contributed by atoms with Gasteiger partial charge < -0.3 is 15.0 Å². The molecule has 0 saturated carbocycles. The number of rotatable bonds is 2. The molecule has 0 aromatic heterocycles. The van der Waals surface area contributed by atoms with Gasteiger partial charge in [-0.3, -0.25) is 0 Å². The summed E-state index contributed by atoms with van der Waals surface area (Å²) >= 11 is 2.04. The zero-order valence-electron chi connectivity index (χ0n) is 10.5. The maximum atomic E-state index is 11.5. The van der Waals surface area contributed by atoms with Gasteiger partial charge in [-0.05, 0) is 31.4 Å². The molecule has 0 aliphatic carbocycles. The second kappa shape index (κ2) is 6.50. The molecular formula is C12H22N2O2S. The zero-order valence-corrected chi connectivity index (χ0v) is 11.3. The molecule has 1 N–H and O–H groups in total. The Morgan fingerprint density at radius 1 is 1.35 bits per heavy atom. The number of hydrogen-bond acceptors (Lipinski definition) is 4. The monoisotopic (exact) mass is 258 g/mol. The van der Waals surface area contributed by atoms with Crippen LogP contribution >= 0.6 is 11.8 Å². The van der Waals surface area contributed by atoms with Gasteiger partial charge in [-0.1, -0.05) is 0 Å². The van der Waals surface area contributed by atoms with Crippen molar-refractivity contribution in [1.29, 1.82) is 0 Å². The Labute approximate surface area is 107 Å². The van der Waals surface area contributed by atoms with E-state index in [0.717, 1.165) is 19.5 Å². The number of carbonyl (C=O) groups is 1. The number of methoxy groups -OCH3 is 1. The summed E-state index contributed by atoms with van der Waals surface area (Å²) in [6.45, 7) is 1.64. The van der Waals surface area contributed by atoms with Crippen LogP contribution in [-0.2, 0) is 4.74 Å². The number of thioether (sulfide) groups is 1. The highest BCUT2D eigenvalue weighted by Crippen LogP contribution is 2.19. The van der Waals surface area contributed by atoms with Crippen LogP contribution in [0.4, 0.5) is 4.79 Å². The predicted molar refractivity (Wildman–Crippen MR) is 70.5 cm³/mol. The summed E-state index contributed by atoms with van der Waals surface area (Å²) in [7, 11) is 1.46. The van der Waals surface area contributed by atoms with Crippen LogP contribution in [0, 0.1) is 0 Å². The molecule has 17 heavy (non-hydrogen) atoms. The quantitative estimate of drug-likeness (QED) is 0.818. The molecule has 5 heteroatoms. The first-order valence-corrected chi connectivity index (χ1v) is 7.61. The van der Waals surface area contributed by atoms with Crippen LogP contribution < -0.4 is 5.32 Å². The second-order valence-electron chi connectivity index (χ2n) is 4.84. The van der Waals surface area contributed by atoms with E-state index in [0.29, 0.717) is 12.1 Å². The summed E-state index contributed by atoms with van der Waals surface area (Å²) < 4.78 is 4.78. The molecule has 2 aliphatic rings. The average Bonchev–Trinajstić information content (AvgIpc) is 2.39. The summed E-state index contributed by atoms with van der Waals surface area (Å²) in [5.41, 5.74) is 0. The van der Waals surface area contributed by atoms with Crippen LogP contribution in [0.1, 0.15) is 25.7 Å². The molecule has 2 unspecified atom stereocenters. The summed E-state index contributed by atoms with van der Waals surface area (Å²) in [5.74, 6) is 2.52. The Morgan fingerprint density at radius 2 is 2.18 bits per heavy atom. The van der Waals surface area contributed by atoms with Crippen molar-refractivity contribution in [3.05, 3.63) is 0 Å². The number of nitrogens with one attached hydrogen (secondary N) is 1. The van der Waals surface area contributed by atoms with Crippen molar-refractivity contribution in [2.75, 3.05) is 31.7 Å². The molecule has 0 bridgehead atoms. The first-order chi connectivity index (χ1) is 8.29. The third-order valence-electron chi connectivity index (χ3n) is 3.49. The molecular weight excluding hydrogens is 236 g/mol. The predicted octanol–water partition coefficient (Wildman–Crippen LogP) is 1.70. The lowest BCUT2D eigenvalue weighted by Crippen LogP contribution is -2.51. The Hall–Kier alpha value is -0.420. The van der Waals surface area contributed by atoms with Crippen LogP contribution in [0.25, 0.3) is 0 Å². The molecule has 0 radical (unpaired) electrons. The van der Waals surface area contributed by atoms with Crippen LogP contribution in [0.3, 0.4) is 0 Å². The summed E-state index contributed by atoms with van der Waals surface area (Å²) in [4.78, 5) is 13.3. The lowest BCUT2D eigenvalue weighted by Gasteiger charge is -2.35. The first-order valence-electron chi connectivity index (χ1n) is 6.46. The number of carbonyl (C=O) groups excluding carboxylic acids is 1. The SMILES string of the molecule is COC(=O)N1CCCC(NC2CCCSC2)C1. The van der Waals surface area contributed by atoms with Crippen LogP contribution in [-0.4, -0.2) is 54.8 Å². The smallest absolute Gasteiger partial charge is 0.409 e. The van der Waals surface area contributed by atoms with Gasteiger partial charge >= 0.3 is 6.09 Å². The molecule has 2 aliphatic heterocycles. The van der Waals surface area contributed by atoms with Crippen molar-refractivity contribution < 1.29 is 9.53 Å². The highest BCUT2D eigenvalue weighted by atomic mass is 32.2. The number of ether oxygens (including phenoxy) is 1. The highest BCUT2D eigenvalue weighted by molar-refractivity contribution is 7.99. The lowest BCUT2D eigenvalue weighted by atomic mass is 10.0. The van der Waals surface area contributed by atoms with Gasteiger partial charge in [-0.15, -0.1) is 0 Å². The molecule has 98 valence electrons. The van der Waals surface area contributed by atoms with E-state index in [-0.39, 0.29) is 6.09 Å². The molecule has 2 saturated heterocycles. The Kier molecular flexibility index (Phi) is 4.98. The van der Waals surface area contributed by atoms with Crippen LogP contribution in [0.2, 0.25) is 0 Å². The molecule has 2 atom stereocenters. The van der Waals surface area contributed by atoms with E-state index in [1.165, 1.54) is 37.9 Å². The fraction of sp³-hybridized carbons (Fsp3) is 0.917. The van der Waals surface area contributed by atoms with E-state index in [9.17, 15) is 4.79 Å². The zero-order chi connectivity index (χ0) is 12.1. The summed E-state index contributed by atoms with van der Waals surface area (Å²) in [6.07, 6.45) is 4.66. The van der Waals surface area contributed by atoms with Gasteiger partial charge in [-0.2, -0.15) is 11.8 Å². The van der Waals surface area contributed by atoms with Crippen molar-refractivity contribution in [2.24, 2.45) is 0 Å². The summed E-state index contributed by atoms with van der Waals surface area (Å²) in [6, 6.07) is 1.09. The normalized spacial score (nSPS) is 30.1. The molecule has 0 aromatic carbocycles. The van der Waals surface area contributed by atoms with E-state index < -0.39 is 0 Å². The van der Waals surface area contributed by atoms with E-state index in [1.807, 2.05) is 16.7 Å². The van der Waals surface area contributed by atoms with Gasteiger partial charge in [0.2, 0.25) is 0 Å². The highest BCUT2D eigenvalue weighted by Gasteiger charge is 2.26. The fourth-order valence-electron chi connectivity index (χ4n) is 2.61. The van der Waals surface area contributed by atoms with Gasteiger partial charge in [0.05, 0.1) is 7.11 Å². The van der Waals surface area contributed by atoms with Crippen molar-refractivity contribution in [3.8, 4) is 0 Å². The molecule has 1 amide bonds. The topological polar surface area (TPSA) is 41.6 Å². The van der Waals surface area contributed by atoms with Crippen LogP contribution in [0.15, 0.2) is 0 Å². The molecule has 2 fully saturated rings. The standard InChI is InChI=1S/C12H22N2O2S/c1-16-12(15)14-6-2-4-10(8-14)13-11-5-3-7-17-9-11/h10-11,13H,2-9H2,1H3. The Morgan fingerprint density at radius 3 is 2.88 bits per heavy atom. The minimum atomic E-state index is -0.186. The minimum Gasteiger partial charge on any atom is -0.453 e. The average molecular weight is 258 g/mol. The number of amides is 1. The van der Waals surface area contributed by atoms with Crippen LogP contribution in [0.5, 0.6) is 0 Å². The third kappa shape index (κ3) is 3.78. The first kappa shape index (κ1) is 13.0. The van der Waals surface area contributed by atoms with E-state index in [2.05, 4.69) is 5.32 Å². The number of nitrogens with zero attached hydrogens (tertiary/aromatic N) is 1. The van der Waals surface area contributed by atoms with E-state index >= 15 is 0 Å². The Balaban J connectivity index is 1.78. The number of hydrogen-bond donors (Lipinski definition) is 1. The van der Waals surface area contributed by atoms with Gasteiger partial charge in [0.15, 0.2) is 0 Å². The van der Waals surface area contributed by atoms with Crippen molar-refractivity contribution in [3.63, 3.8) is 0 Å². The lowest BCUT2D eigenvalue weighted by molar-refractivity contribution is 0.106. The van der Waals surface area contributed by atoms with Crippen molar-refractivity contribution in [1.82, 2.24) is 10.2 Å². The van der Waals surface area contributed by atoms with Gasteiger partial charge in [-0.25, -0.2) is 4.79 Å². The maximum absolute atomic E-state index is 11.5. The second-order valence-corrected chi connectivity index (χ2v) is 5.99. The van der Waals surface area contributed by atoms with E-state index in [1.54, 1.807) is 0 Å². The van der Waals surface area contributed by atoms with E-state index in [4.69, 9.17) is 4.74 Å². The van der Waals surface area contributed by atoms with Gasteiger partial charge in [0.1, 0.15) is 0 Å². The van der Waals surface area contributed by atoms with Gasteiger partial charge in [0, 0.05) is 30.9 Å². The molecule has 4 nitrogen and oxygen atoms in total. The maximum Gasteiger partial charge on any atom is 0.409 e. The molecule has 0 aromatic rings. The fourth-order valence-corrected chi connectivity index (χ4v) is 3.70.